The Kier molecular flexibility index (Phi) is 4.58. The van der Waals surface area contributed by atoms with Crippen molar-refractivity contribution in [3.63, 3.8) is 0 Å². The van der Waals surface area contributed by atoms with Gasteiger partial charge in [-0.05, 0) is 26.1 Å². The van der Waals surface area contributed by atoms with Gasteiger partial charge < -0.3 is 14.8 Å². The van der Waals surface area contributed by atoms with Crippen LogP contribution in [0.5, 0.6) is 11.6 Å². The van der Waals surface area contributed by atoms with Crippen molar-refractivity contribution in [2.45, 2.75) is 13.0 Å². The molecule has 0 saturated heterocycles. The van der Waals surface area contributed by atoms with Crippen molar-refractivity contribution >= 4 is 0 Å². The van der Waals surface area contributed by atoms with E-state index in [0.29, 0.717) is 5.88 Å². The van der Waals surface area contributed by atoms with Crippen molar-refractivity contribution in [3.8, 4) is 11.6 Å². The molecule has 0 aliphatic rings. The average molecular weight is 272 g/mol. The van der Waals surface area contributed by atoms with Crippen molar-refractivity contribution < 1.29 is 9.47 Å². The van der Waals surface area contributed by atoms with Crippen LogP contribution >= 0.6 is 0 Å². The molecule has 1 N–H and O–H groups in total. The summed E-state index contributed by atoms with van der Waals surface area (Å²) in [6, 6.07) is 10.0. The van der Waals surface area contributed by atoms with Crippen molar-refractivity contribution in [1.82, 2.24) is 10.3 Å². The molecular weight excluding hydrogens is 252 g/mol. The van der Waals surface area contributed by atoms with Crippen LogP contribution in [0.4, 0.5) is 0 Å². The van der Waals surface area contributed by atoms with Gasteiger partial charge >= 0.3 is 0 Å². The molecule has 0 saturated carbocycles. The molecular formula is C16H20N2O2. The first-order chi connectivity index (χ1) is 9.71. The number of nitrogens with one attached hydrogen (secondary N) is 1. The summed E-state index contributed by atoms with van der Waals surface area (Å²) in [4.78, 5) is 4.27. The number of methoxy groups -OCH3 is 2. The summed E-state index contributed by atoms with van der Waals surface area (Å²) >= 11 is 0. The number of aryl methyl sites for hydroxylation is 1. The zero-order valence-electron chi connectivity index (χ0n) is 12.3. The van der Waals surface area contributed by atoms with E-state index in [1.54, 1.807) is 20.4 Å². The first kappa shape index (κ1) is 14.3. The summed E-state index contributed by atoms with van der Waals surface area (Å²) in [5.41, 5.74) is 3.24. The molecule has 1 atom stereocenters. The average Bonchev–Trinajstić information content (AvgIpc) is 2.49. The standard InChI is InChI=1S/C16H20N2O2/c1-11-7-8-14(19-3)13(10-11)15(17-2)12-6-5-9-18-16(12)20-4/h5-10,15,17H,1-4H3. The van der Waals surface area contributed by atoms with Gasteiger partial charge in [0.15, 0.2) is 0 Å². The normalized spacial score (nSPS) is 12.0. The van der Waals surface area contributed by atoms with Crippen LogP contribution in [0.15, 0.2) is 36.5 Å². The van der Waals surface area contributed by atoms with Gasteiger partial charge in [0, 0.05) is 17.3 Å². The molecule has 1 unspecified atom stereocenters. The Morgan fingerprint density at radius 3 is 2.55 bits per heavy atom. The molecule has 20 heavy (non-hydrogen) atoms. The van der Waals surface area contributed by atoms with E-state index >= 15 is 0 Å². The van der Waals surface area contributed by atoms with Gasteiger partial charge in [0.05, 0.1) is 20.3 Å². The zero-order chi connectivity index (χ0) is 14.5. The Balaban J connectivity index is 2.55. The first-order valence-electron chi connectivity index (χ1n) is 6.52. The second-order valence-corrected chi connectivity index (χ2v) is 4.57. The van der Waals surface area contributed by atoms with E-state index < -0.39 is 0 Å². The minimum atomic E-state index is -0.0338. The van der Waals surface area contributed by atoms with Crippen LogP contribution in [0, 0.1) is 6.92 Å². The zero-order valence-corrected chi connectivity index (χ0v) is 12.3. The van der Waals surface area contributed by atoms with Gasteiger partial charge in [-0.2, -0.15) is 0 Å². The van der Waals surface area contributed by atoms with Crippen molar-refractivity contribution in [2.75, 3.05) is 21.3 Å². The quantitative estimate of drug-likeness (QED) is 0.909. The lowest BCUT2D eigenvalue weighted by molar-refractivity contribution is 0.384. The van der Waals surface area contributed by atoms with Gasteiger partial charge in [-0.1, -0.05) is 23.8 Å². The van der Waals surface area contributed by atoms with Gasteiger partial charge in [0.25, 0.3) is 0 Å². The summed E-state index contributed by atoms with van der Waals surface area (Å²) in [5, 5.41) is 3.31. The molecule has 1 aromatic heterocycles. The van der Waals surface area contributed by atoms with Gasteiger partial charge in [0.1, 0.15) is 5.75 Å². The monoisotopic (exact) mass is 272 g/mol. The minimum Gasteiger partial charge on any atom is -0.496 e. The fourth-order valence-corrected chi connectivity index (χ4v) is 2.35. The summed E-state index contributed by atoms with van der Waals surface area (Å²) in [6.45, 7) is 2.07. The highest BCUT2D eigenvalue weighted by Gasteiger charge is 2.20. The summed E-state index contributed by atoms with van der Waals surface area (Å²) < 4.78 is 10.8. The van der Waals surface area contributed by atoms with Crippen LogP contribution in [0.25, 0.3) is 0 Å². The lowest BCUT2D eigenvalue weighted by atomic mass is 9.97. The van der Waals surface area contributed by atoms with Crippen molar-refractivity contribution in [3.05, 3.63) is 53.2 Å². The smallest absolute Gasteiger partial charge is 0.218 e. The molecule has 1 heterocycles. The molecule has 106 valence electrons. The van der Waals surface area contributed by atoms with Gasteiger partial charge in [0.2, 0.25) is 5.88 Å². The number of pyridine rings is 1. The summed E-state index contributed by atoms with van der Waals surface area (Å²) in [7, 11) is 5.23. The Morgan fingerprint density at radius 1 is 1.10 bits per heavy atom. The lowest BCUT2D eigenvalue weighted by Gasteiger charge is -2.21. The second-order valence-electron chi connectivity index (χ2n) is 4.57. The highest BCUT2D eigenvalue weighted by atomic mass is 16.5. The largest absolute Gasteiger partial charge is 0.496 e. The van der Waals surface area contributed by atoms with Crippen LogP contribution in [-0.2, 0) is 0 Å². The van der Waals surface area contributed by atoms with E-state index in [4.69, 9.17) is 9.47 Å². The van der Waals surface area contributed by atoms with E-state index in [2.05, 4.69) is 23.3 Å². The predicted octanol–water partition coefficient (Wildman–Crippen LogP) is 2.72. The maximum atomic E-state index is 5.48. The van der Waals surface area contributed by atoms with Crippen LogP contribution in [0.1, 0.15) is 22.7 Å². The second kappa shape index (κ2) is 6.39. The van der Waals surface area contributed by atoms with E-state index in [0.717, 1.165) is 16.9 Å². The van der Waals surface area contributed by atoms with E-state index in [1.807, 2.05) is 31.3 Å². The van der Waals surface area contributed by atoms with E-state index in [1.165, 1.54) is 5.56 Å². The Bertz CT molecular complexity index is 584. The number of rotatable bonds is 5. The SMILES string of the molecule is CNC(c1cc(C)ccc1OC)c1cccnc1OC. The van der Waals surface area contributed by atoms with E-state index in [-0.39, 0.29) is 6.04 Å². The number of hydrogen-bond donors (Lipinski definition) is 1. The number of hydrogen-bond acceptors (Lipinski definition) is 4. The number of nitrogens with zero attached hydrogens (tertiary/aromatic N) is 1. The van der Waals surface area contributed by atoms with Crippen molar-refractivity contribution in [1.29, 1.82) is 0 Å². The lowest BCUT2D eigenvalue weighted by Crippen LogP contribution is -2.19. The third kappa shape index (κ3) is 2.75. The predicted molar refractivity (Wildman–Crippen MR) is 79.4 cm³/mol. The Morgan fingerprint density at radius 2 is 1.90 bits per heavy atom. The van der Waals surface area contributed by atoms with Gasteiger partial charge in [-0.15, -0.1) is 0 Å². The molecule has 2 rings (SSSR count). The Hall–Kier alpha value is -2.07. The molecule has 0 aliphatic heterocycles. The maximum Gasteiger partial charge on any atom is 0.218 e. The van der Waals surface area contributed by atoms with Crippen LogP contribution in [0.3, 0.4) is 0 Å². The summed E-state index contributed by atoms with van der Waals surface area (Å²) in [5.74, 6) is 1.47. The highest BCUT2D eigenvalue weighted by Crippen LogP contribution is 2.33. The highest BCUT2D eigenvalue weighted by molar-refractivity contribution is 5.46. The summed E-state index contributed by atoms with van der Waals surface area (Å²) in [6.07, 6.45) is 1.72. The fraction of sp³-hybridized carbons (Fsp3) is 0.312. The fourth-order valence-electron chi connectivity index (χ4n) is 2.35. The molecule has 0 radical (unpaired) electrons. The molecule has 1 aromatic carbocycles. The molecule has 0 aliphatic carbocycles. The molecule has 0 fully saturated rings. The molecule has 0 spiro atoms. The van der Waals surface area contributed by atoms with Crippen molar-refractivity contribution in [2.24, 2.45) is 0 Å². The number of benzene rings is 1. The van der Waals surface area contributed by atoms with Crippen LogP contribution < -0.4 is 14.8 Å². The first-order valence-corrected chi connectivity index (χ1v) is 6.52. The van der Waals surface area contributed by atoms with Crippen LogP contribution in [0.2, 0.25) is 0 Å². The maximum absolute atomic E-state index is 5.48. The number of aromatic nitrogens is 1. The minimum absolute atomic E-state index is 0.0338. The van der Waals surface area contributed by atoms with Crippen LogP contribution in [-0.4, -0.2) is 26.3 Å². The molecule has 2 aromatic rings. The third-order valence-electron chi connectivity index (χ3n) is 3.29. The molecule has 4 heteroatoms. The molecule has 4 nitrogen and oxygen atoms in total. The third-order valence-corrected chi connectivity index (χ3v) is 3.29. The van der Waals surface area contributed by atoms with Gasteiger partial charge in [-0.3, -0.25) is 0 Å². The van der Waals surface area contributed by atoms with E-state index in [9.17, 15) is 0 Å². The molecule has 0 amide bonds. The number of ether oxygens (including phenoxy) is 2. The Labute approximate surface area is 119 Å². The van der Waals surface area contributed by atoms with Gasteiger partial charge in [-0.25, -0.2) is 4.98 Å². The topological polar surface area (TPSA) is 43.4 Å². The molecule has 0 bridgehead atoms.